The van der Waals surface area contributed by atoms with E-state index in [1.54, 1.807) is 4.90 Å². The van der Waals surface area contributed by atoms with E-state index in [1.807, 2.05) is 7.05 Å². The minimum atomic E-state index is -0.796. The summed E-state index contributed by atoms with van der Waals surface area (Å²) in [6.07, 6.45) is 1.13. The molecule has 1 saturated heterocycles. The fraction of sp³-hybridized carbons (Fsp3) is 0.632. The lowest BCUT2D eigenvalue weighted by atomic mass is 10.0. The molecular weight excluding hydrogens is 304 g/mol. The Labute approximate surface area is 145 Å². The number of hydrogen-bond donors (Lipinski definition) is 1. The van der Waals surface area contributed by atoms with Crippen LogP contribution in [0.25, 0.3) is 0 Å². The van der Waals surface area contributed by atoms with Crippen molar-refractivity contribution in [1.29, 1.82) is 0 Å². The summed E-state index contributed by atoms with van der Waals surface area (Å²) in [5.41, 5.74) is 2.75. The second-order valence-electron chi connectivity index (χ2n) is 7.03. The van der Waals surface area contributed by atoms with Crippen molar-refractivity contribution in [3.63, 3.8) is 0 Å². The summed E-state index contributed by atoms with van der Waals surface area (Å²) >= 11 is 0. The van der Waals surface area contributed by atoms with Crippen LogP contribution in [0.5, 0.6) is 0 Å². The van der Waals surface area contributed by atoms with Crippen LogP contribution in [0.1, 0.15) is 30.9 Å². The summed E-state index contributed by atoms with van der Waals surface area (Å²) in [6.45, 7) is 8.70. The van der Waals surface area contributed by atoms with Gasteiger partial charge in [0.1, 0.15) is 0 Å². The molecule has 134 valence electrons. The highest BCUT2D eigenvalue weighted by Crippen LogP contribution is 2.15. The van der Waals surface area contributed by atoms with Crippen molar-refractivity contribution < 1.29 is 14.6 Å². The highest BCUT2D eigenvalue weighted by atomic mass is 16.5. The van der Waals surface area contributed by atoms with Gasteiger partial charge in [0, 0.05) is 26.2 Å². The lowest BCUT2D eigenvalue weighted by molar-refractivity contribution is -0.138. The van der Waals surface area contributed by atoms with Crippen molar-refractivity contribution in [2.24, 2.45) is 0 Å². The molecule has 5 heteroatoms. The largest absolute Gasteiger partial charge is 0.480 e. The van der Waals surface area contributed by atoms with E-state index in [-0.39, 0.29) is 12.6 Å². The number of aliphatic carboxylic acids is 1. The summed E-state index contributed by atoms with van der Waals surface area (Å²) in [6, 6.07) is 8.91. The minimum absolute atomic E-state index is 0.0576. The fourth-order valence-corrected chi connectivity index (χ4v) is 3.09. The zero-order chi connectivity index (χ0) is 17.5. The number of benzene rings is 1. The summed E-state index contributed by atoms with van der Waals surface area (Å²) < 4.78 is 5.78. The van der Waals surface area contributed by atoms with Gasteiger partial charge < -0.3 is 9.84 Å². The maximum atomic E-state index is 10.7. The predicted molar refractivity (Wildman–Crippen MR) is 95.5 cm³/mol. The summed E-state index contributed by atoms with van der Waals surface area (Å²) in [5, 5.41) is 8.84. The van der Waals surface area contributed by atoms with Gasteiger partial charge in [-0.15, -0.1) is 0 Å². The van der Waals surface area contributed by atoms with Crippen LogP contribution in [0, 0.1) is 0 Å². The normalized spacial score (nSPS) is 19.1. The van der Waals surface area contributed by atoms with E-state index in [1.165, 1.54) is 11.1 Å². The van der Waals surface area contributed by atoms with E-state index >= 15 is 0 Å². The van der Waals surface area contributed by atoms with Crippen LogP contribution in [-0.4, -0.2) is 73.4 Å². The number of carboxylic acid groups (broad SMARTS) is 1. The quantitative estimate of drug-likeness (QED) is 0.789. The molecule has 0 radical (unpaired) electrons. The third-order valence-corrected chi connectivity index (χ3v) is 4.51. The molecule has 0 saturated carbocycles. The highest BCUT2D eigenvalue weighted by Gasteiger charge is 2.22. The molecule has 1 aromatic carbocycles. The van der Waals surface area contributed by atoms with Crippen LogP contribution in [0.3, 0.4) is 0 Å². The number of rotatable bonds is 8. The van der Waals surface area contributed by atoms with Gasteiger partial charge in [0.15, 0.2) is 0 Å². The molecule has 0 aromatic heterocycles. The Morgan fingerprint density at radius 3 is 2.71 bits per heavy atom. The third-order valence-electron chi connectivity index (χ3n) is 4.51. The Kier molecular flexibility index (Phi) is 7.21. The Morgan fingerprint density at radius 2 is 2.08 bits per heavy atom. The molecule has 1 atom stereocenters. The lowest BCUT2D eigenvalue weighted by Crippen LogP contribution is -2.48. The van der Waals surface area contributed by atoms with E-state index in [2.05, 4.69) is 43.0 Å². The number of hydrogen-bond acceptors (Lipinski definition) is 4. The van der Waals surface area contributed by atoms with Gasteiger partial charge in [0.25, 0.3) is 0 Å². The standard InChI is InChI=1S/C19H30N2O3/c1-15(2)17-6-4-16(5-7-17)8-9-21-10-11-24-18(13-21)12-20(3)14-19(22)23/h4-7,15,18H,8-14H2,1-3H3,(H,22,23). The van der Waals surface area contributed by atoms with Gasteiger partial charge in [-0.2, -0.15) is 0 Å². The zero-order valence-corrected chi connectivity index (χ0v) is 15.1. The second kappa shape index (κ2) is 9.16. The first-order chi connectivity index (χ1) is 11.4. The van der Waals surface area contributed by atoms with Gasteiger partial charge in [-0.1, -0.05) is 38.1 Å². The van der Waals surface area contributed by atoms with Crippen LogP contribution < -0.4 is 0 Å². The van der Waals surface area contributed by atoms with E-state index in [4.69, 9.17) is 9.84 Å². The topological polar surface area (TPSA) is 53.0 Å². The number of carbonyl (C=O) groups is 1. The average Bonchev–Trinajstić information content (AvgIpc) is 2.53. The average molecular weight is 334 g/mol. The predicted octanol–water partition coefficient (Wildman–Crippen LogP) is 2.07. The minimum Gasteiger partial charge on any atom is -0.480 e. The first-order valence-corrected chi connectivity index (χ1v) is 8.77. The third kappa shape index (κ3) is 6.23. The zero-order valence-electron chi connectivity index (χ0n) is 15.1. The maximum Gasteiger partial charge on any atom is 0.317 e. The molecule has 1 fully saturated rings. The SMILES string of the molecule is CC(C)c1ccc(CCN2CCOC(CN(C)CC(=O)O)C2)cc1. The molecule has 1 aliphatic heterocycles. The summed E-state index contributed by atoms with van der Waals surface area (Å²) in [4.78, 5) is 15.0. The van der Waals surface area contributed by atoms with Crippen molar-refractivity contribution in [3.05, 3.63) is 35.4 Å². The molecule has 0 amide bonds. The number of morpholine rings is 1. The molecule has 0 spiro atoms. The molecule has 1 heterocycles. The van der Waals surface area contributed by atoms with Gasteiger partial charge in [0.2, 0.25) is 0 Å². The second-order valence-corrected chi connectivity index (χ2v) is 7.03. The van der Waals surface area contributed by atoms with Crippen molar-refractivity contribution in [3.8, 4) is 0 Å². The van der Waals surface area contributed by atoms with Gasteiger partial charge in [-0.3, -0.25) is 14.6 Å². The summed E-state index contributed by atoms with van der Waals surface area (Å²) in [5.74, 6) is -0.225. The molecular formula is C19H30N2O3. The van der Waals surface area contributed by atoms with Gasteiger partial charge >= 0.3 is 5.97 Å². The summed E-state index contributed by atoms with van der Waals surface area (Å²) in [7, 11) is 1.83. The molecule has 5 nitrogen and oxygen atoms in total. The van der Waals surface area contributed by atoms with Gasteiger partial charge in [-0.25, -0.2) is 0 Å². The Bertz CT molecular complexity index is 516. The van der Waals surface area contributed by atoms with Crippen LogP contribution in [0.15, 0.2) is 24.3 Å². The number of nitrogens with zero attached hydrogens (tertiary/aromatic N) is 2. The molecule has 0 bridgehead atoms. The van der Waals surface area contributed by atoms with Crippen molar-refractivity contribution in [1.82, 2.24) is 9.80 Å². The first kappa shape index (κ1) is 18.9. The maximum absolute atomic E-state index is 10.7. The Balaban J connectivity index is 1.77. The fourth-order valence-electron chi connectivity index (χ4n) is 3.09. The van der Waals surface area contributed by atoms with Crippen molar-refractivity contribution in [2.45, 2.75) is 32.3 Å². The van der Waals surface area contributed by atoms with Crippen LogP contribution in [0.2, 0.25) is 0 Å². The molecule has 24 heavy (non-hydrogen) atoms. The Morgan fingerprint density at radius 1 is 1.38 bits per heavy atom. The molecule has 0 aliphatic carbocycles. The van der Waals surface area contributed by atoms with E-state index in [9.17, 15) is 4.79 Å². The molecule has 1 aliphatic rings. The lowest BCUT2D eigenvalue weighted by Gasteiger charge is -2.34. The smallest absolute Gasteiger partial charge is 0.317 e. The van der Waals surface area contributed by atoms with Crippen molar-refractivity contribution >= 4 is 5.97 Å². The molecule has 2 rings (SSSR count). The van der Waals surface area contributed by atoms with Gasteiger partial charge in [-0.05, 0) is 30.5 Å². The Hall–Kier alpha value is -1.43. The number of likely N-dealkylation sites (N-methyl/N-ethyl adjacent to an activating group) is 1. The van der Waals surface area contributed by atoms with Gasteiger partial charge in [0.05, 0.1) is 19.3 Å². The first-order valence-electron chi connectivity index (χ1n) is 8.77. The number of carboxylic acids is 1. The molecule has 1 aromatic rings. The van der Waals surface area contributed by atoms with E-state index in [0.29, 0.717) is 12.5 Å². The van der Waals surface area contributed by atoms with Crippen LogP contribution in [-0.2, 0) is 16.0 Å². The monoisotopic (exact) mass is 334 g/mol. The van der Waals surface area contributed by atoms with Crippen LogP contribution in [0.4, 0.5) is 0 Å². The molecule has 1 unspecified atom stereocenters. The van der Waals surface area contributed by atoms with Crippen molar-refractivity contribution in [2.75, 3.05) is 46.4 Å². The molecule has 1 N–H and O–H groups in total. The van der Waals surface area contributed by atoms with Crippen LogP contribution >= 0.6 is 0 Å². The van der Waals surface area contributed by atoms with E-state index in [0.717, 1.165) is 32.7 Å². The van der Waals surface area contributed by atoms with E-state index < -0.39 is 5.97 Å². The number of ether oxygens (including phenoxy) is 1. The highest BCUT2D eigenvalue weighted by molar-refractivity contribution is 5.69.